The molecule has 4 heteroatoms. The number of carboxylic acids is 1. The van der Waals surface area contributed by atoms with Crippen LogP contribution in [-0.4, -0.2) is 23.0 Å². The van der Waals surface area contributed by atoms with Crippen molar-refractivity contribution in [2.45, 2.75) is 45.1 Å². The molecule has 1 aromatic carbocycles. The van der Waals surface area contributed by atoms with E-state index in [1.165, 1.54) is 11.1 Å². The van der Waals surface area contributed by atoms with E-state index in [1.54, 1.807) is 0 Å². The van der Waals surface area contributed by atoms with E-state index in [1.807, 2.05) is 31.2 Å². The predicted octanol–water partition coefficient (Wildman–Crippen LogP) is 2.30. The van der Waals surface area contributed by atoms with Crippen molar-refractivity contribution in [1.82, 2.24) is 5.32 Å². The van der Waals surface area contributed by atoms with Gasteiger partial charge in [0.2, 0.25) is 5.91 Å². The molecule has 0 spiro atoms. The lowest BCUT2D eigenvalue weighted by Gasteiger charge is -2.12. The second-order valence-corrected chi connectivity index (χ2v) is 5.54. The van der Waals surface area contributed by atoms with Crippen molar-refractivity contribution >= 4 is 11.9 Å². The summed E-state index contributed by atoms with van der Waals surface area (Å²) in [5.41, 5.74) is 2.39. The Hall–Kier alpha value is -1.84. The van der Waals surface area contributed by atoms with Gasteiger partial charge in [-0.3, -0.25) is 9.59 Å². The molecular weight excluding hydrogens is 254 g/mol. The first-order valence-corrected chi connectivity index (χ1v) is 7.13. The summed E-state index contributed by atoms with van der Waals surface area (Å²) < 4.78 is 0. The summed E-state index contributed by atoms with van der Waals surface area (Å²) in [6, 6.07) is 8.08. The molecule has 0 saturated heterocycles. The van der Waals surface area contributed by atoms with Crippen LogP contribution in [0.5, 0.6) is 0 Å². The molecule has 0 aromatic heterocycles. The summed E-state index contributed by atoms with van der Waals surface area (Å²) in [4.78, 5) is 22.8. The van der Waals surface area contributed by atoms with Gasteiger partial charge in [-0.2, -0.15) is 0 Å². The van der Waals surface area contributed by atoms with Gasteiger partial charge in [0.15, 0.2) is 0 Å². The van der Waals surface area contributed by atoms with Gasteiger partial charge >= 0.3 is 5.97 Å². The fourth-order valence-corrected chi connectivity index (χ4v) is 2.78. The third-order valence-electron chi connectivity index (χ3n) is 4.03. The highest BCUT2D eigenvalue weighted by Gasteiger charge is 2.30. The number of aryl methyl sites for hydroxylation is 2. The number of rotatable bonds is 5. The number of hydrogen-bond donors (Lipinski definition) is 2. The van der Waals surface area contributed by atoms with Gasteiger partial charge < -0.3 is 10.4 Å². The molecule has 0 heterocycles. The topological polar surface area (TPSA) is 66.4 Å². The van der Waals surface area contributed by atoms with E-state index in [-0.39, 0.29) is 17.9 Å². The van der Waals surface area contributed by atoms with Crippen LogP contribution in [-0.2, 0) is 16.0 Å². The first-order chi connectivity index (χ1) is 9.56. The first kappa shape index (κ1) is 14.6. The number of nitrogens with one attached hydrogen (secondary N) is 1. The van der Waals surface area contributed by atoms with Gasteiger partial charge in [0.05, 0.1) is 5.92 Å². The van der Waals surface area contributed by atoms with Crippen LogP contribution in [0.2, 0.25) is 0 Å². The maximum atomic E-state index is 11.9. The van der Waals surface area contributed by atoms with E-state index in [9.17, 15) is 9.59 Å². The molecule has 1 aromatic rings. The third kappa shape index (κ3) is 3.83. The van der Waals surface area contributed by atoms with Crippen LogP contribution in [0.15, 0.2) is 24.3 Å². The highest BCUT2D eigenvalue weighted by atomic mass is 16.4. The largest absolute Gasteiger partial charge is 0.481 e. The molecule has 2 rings (SSSR count). The van der Waals surface area contributed by atoms with Crippen molar-refractivity contribution in [3.8, 4) is 0 Å². The van der Waals surface area contributed by atoms with Crippen LogP contribution in [0, 0.1) is 12.8 Å². The average molecular weight is 275 g/mol. The first-order valence-electron chi connectivity index (χ1n) is 7.13. The van der Waals surface area contributed by atoms with Gasteiger partial charge in [0, 0.05) is 12.5 Å². The molecule has 2 N–H and O–H groups in total. The molecule has 4 nitrogen and oxygen atoms in total. The maximum absolute atomic E-state index is 11.9. The van der Waals surface area contributed by atoms with E-state index in [0.717, 1.165) is 12.8 Å². The summed E-state index contributed by atoms with van der Waals surface area (Å²) in [6.45, 7) is 2.04. The van der Waals surface area contributed by atoms with Gasteiger partial charge in [0.25, 0.3) is 0 Å². The van der Waals surface area contributed by atoms with Crippen LogP contribution in [0.3, 0.4) is 0 Å². The van der Waals surface area contributed by atoms with Crippen LogP contribution >= 0.6 is 0 Å². The molecule has 0 unspecified atom stereocenters. The minimum atomic E-state index is -0.748. The Bertz CT molecular complexity index is 498. The Kier molecular flexibility index (Phi) is 4.77. The lowest BCUT2D eigenvalue weighted by molar-refractivity contribution is -0.141. The summed E-state index contributed by atoms with van der Waals surface area (Å²) in [7, 11) is 0. The van der Waals surface area contributed by atoms with Crippen LogP contribution in [0.25, 0.3) is 0 Å². The molecule has 0 bridgehead atoms. The van der Waals surface area contributed by atoms with Gasteiger partial charge in [0.1, 0.15) is 0 Å². The van der Waals surface area contributed by atoms with Crippen molar-refractivity contribution in [2.24, 2.45) is 5.92 Å². The molecule has 1 aliphatic carbocycles. The molecule has 1 amide bonds. The number of carbonyl (C=O) groups is 2. The Morgan fingerprint density at radius 1 is 1.30 bits per heavy atom. The smallest absolute Gasteiger partial charge is 0.306 e. The zero-order chi connectivity index (χ0) is 14.5. The minimum Gasteiger partial charge on any atom is -0.481 e. The van der Waals surface area contributed by atoms with Gasteiger partial charge in [-0.15, -0.1) is 0 Å². The van der Waals surface area contributed by atoms with E-state index >= 15 is 0 Å². The molecule has 2 atom stereocenters. The maximum Gasteiger partial charge on any atom is 0.306 e. The molecule has 0 aliphatic heterocycles. The minimum absolute atomic E-state index is 0.0179. The van der Waals surface area contributed by atoms with Crippen LogP contribution in [0.4, 0.5) is 0 Å². The van der Waals surface area contributed by atoms with Gasteiger partial charge in [-0.05, 0) is 43.7 Å². The molecule has 108 valence electrons. The Balaban J connectivity index is 1.77. The number of amides is 1. The second kappa shape index (κ2) is 6.55. The van der Waals surface area contributed by atoms with Crippen molar-refractivity contribution in [2.75, 3.05) is 0 Å². The molecule has 1 aliphatic rings. The normalized spacial score (nSPS) is 21.6. The summed E-state index contributed by atoms with van der Waals surface area (Å²) in [5, 5.41) is 11.9. The molecule has 1 fully saturated rings. The SMILES string of the molecule is Cc1ccccc1CCC(=O)N[C@@H]1CC[C@H](C(=O)O)C1. The zero-order valence-corrected chi connectivity index (χ0v) is 11.8. The van der Waals surface area contributed by atoms with Crippen LogP contribution in [0.1, 0.15) is 36.8 Å². The van der Waals surface area contributed by atoms with Gasteiger partial charge in [-0.25, -0.2) is 0 Å². The molecule has 1 saturated carbocycles. The van der Waals surface area contributed by atoms with Crippen molar-refractivity contribution in [3.05, 3.63) is 35.4 Å². The molecule has 0 radical (unpaired) electrons. The monoisotopic (exact) mass is 275 g/mol. The number of carbonyl (C=O) groups excluding carboxylic acids is 1. The lowest BCUT2D eigenvalue weighted by atomic mass is 10.0. The van der Waals surface area contributed by atoms with Crippen molar-refractivity contribution < 1.29 is 14.7 Å². The van der Waals surface area contributed by atoms with E-state index < -0.39 is 5.97 Å². The fourth-order valence-electron chi connectivity index (χ4n) is 2.78. The Morgan fingerprint density at radius 3 is 2.70 bits per heavy atom. The summed E-state index contributed by atoms with van der Waals surface area (Å²) in [6.07, 6.45) is 3.18. The second-order valence-electron chi connectivity index (χ2n) is 5.54. The summed E-state index contributed by atoms with van der Waals surface area (Å²) >= 11 is 0. The fraction of sp³-hybridized carbons (Fsp3) is 0.500. The van der Waals surface area contributed by atoms with E-state index in [0.29, 0.717) is 19.3 Å². The Morgan fingerprint density at radius 2 is 2.05 bits per heavy atom. The highest BCUT2D eigenvalue weighted by Crippen LogP contribution is 2.25. The number of carboxylic acid groups (broad SMARTS) is 1. The highest BCUT2D eigenvalue weighted by molar-refractivity contribution is 5.77. The standard InChI is InChI=1S/C16H21NO3/c1-11-4-2-3-5-12(11)7-9-15(18)17-14-8-6-13(10-14)16(19)20/h2-5,13-14H,6-10H2,1H3,(H,17,18)(H,19,20)/t13-,14+/m0/s1. The van der Waals surface area contributed by atoms with Crippen molar-refractivity contribution in [3.63, 3.8) is 0 Å². The van der Waals surface area contributed by atoms with E-state index in [4.69, 9.17) is 5.11 Å². The third-order valence-corrected chi connectivity index (χ3v) is 4.03. The zero-order valence-electron chi connectivity index (χ0n) is 11.8. The van der Waals surface area contributed by atoms with Crippen LogP contribution < -0.4 is 5.32 Å². The number of benzene rings is 1. The summed E-state index contributed by atoms with van der Waals surface area (Å²) in [5.74, 6) is -1.03. The number of hydrogen-bond acceptors (Lipinski definition) is 2. The Labute approximate surface area is 119 Å². The lowest BCUT2D eigenvalue weighted by Crippen LogP contribution is -2.33. The van der Waals surface area contributed by atoms with E-state index in [2.05, 4.69) is 5.32 Å². The molecule has 20 heavy (non-hydrogen) atoms. The predicted molar refractivity (Wildman–Crippen MR) is 76.4 cm³/mol. The number of aliphatic carboxylic acids is 1. The van der Waals surface area contributed by atoms with Crippen molar-refractivity contribution in [1.29, 1.82) is 0 Å². The van der Waals surface area contributed by atoms with Gasteiger partial charge in [-0.1, -0.05) is 24.3 Å². The average Bonchev–Trinajstić information content (AvgIpc) is 2.86. The quantitative estimate of drug-likeness (QED) is 0.866. The molecular formula is C16H21NO3.